The highest BCUT2D eigenvalue weighted by Gasteiger charge is 2.23. The highest BCUT2D eigenvalue weighted by molar-refractivity contribution is 6.30. The first-order valence-corrected chi connectivity index (χ1v) is 6.45. The molecular weight excluding hydrogens is 238 g/mol. The molecule has 94 valence electrons. The van der Waals surface area contributed by atoms with Gasteiger partial charge in [-0.15, -0.1) is 0 Å². The highest BCUT2D eigenvalue weighted by atomic mass is 35.5. The molecule has 2 heterocycles. The predicted octanol–water partition coefficient (Wildman–Crippen LogP) is 2.31. The number of halogens is 1. The van der Waals surface area contributed by atoms with Gasteiger partial charge in [-0.2, -0.15) is 0 Å². The van der Waals surface area contributed by atoms with E-state index in [1.807, 2.05) is 0 Å². The Morgan fingerprint density at radius 2 is 2.35 bits per heavy atom. The summed E-state index contributed by atoms with van der Waals surface area (Å²) in [6, 6.07) is 0.338. The van der Waals surface area contributed by atoms with Crippen LogP contribution in [0.15, 0.2) is 6.33 Å². The van der Waals surface area contributed by atoms with Crippen molar-refractivity contribution in [2.24, 2.45) is 0 Å². The van der Waals surface area contributed by atoms with E-state index in [9.17, 15) is 0 Å². The van der Waals surface area contributed by atoms with Gasteiger partial charge in [0.1, 0.15) is 17.3 Å². The van der Waals surface area contributed by atoms with E-state index >= 15 is 0 Å². The number of hydrogen-bond acceptors (Lipinski definition) is 4. The lowest BCUT2D eigenvalue weighted by molar-refractivity contribution is 0.0984. The zero-order valence-electron chi connectivity index (χ0n) is 10.3. The van der Waals surface area contributed by atoms with Crippen LogP contribution in [0.1, 0.15) is 25.8 Å². The van der Waals surface area contributed by atoms with Crippen molar-refractivity contribution >= 4 is 17.4 Å². The molecule has 1 aromatic rings. The van der Waals surface area contributed by atoms with Crippen molar-refractivity contribution in [1.82, 2.24) is 9.97 Å². The minimum absolute atomic E-state index is 0.338. The fourth-order valence-corrected chi connectivity index (χ4v) is 2.36. The maximum atomic E-state index is 6.17. The quantitative estimate of drug-likeness (QED) is 0.777. The average molecular weight is 256 g/mol. The van der Waals surface area contributed by atoms with Crippen molar-refractivity contribution < 1.29 is 4.74 Å². The molecule has 1 aliphatic heterocycles. The zero-order chi connectivity index (χ0) is 12.3. The summed E-state index contributed by atoms with van der Waals surface area (Å²) in [6.07, 6.45) is 3.50. The summed E-state index contributed by atoms with van der Waals surface area (Å²) in [4.78, 5) is 10.7. The van der Waals surface area contributed by atoms with Gasteiger partial charge in [0, 0.05) is 12.1 Å². The third-order valence-corrected chi connectivity index (χ3v) is 3.34. The van der Waals surface area contributed by atoms with Crippen molar-refractivity contribution in [2.45, 2.75) is 32.7 Å². The Hall–Kier alpha value is -0.870. The molecular formula is C12H18ClN3O. The number of ether oxygens (including phenoxy) is 1. The number of morpholine rings is 1. The number of nitrogens with zero attached hydrogens (tertiary/aromatic N) is 3. The van der Waals surface area contributed by atoms with Gasteiger partial charge in [-0.1, -0.05) is 24.9 Å². The van der Waals surface area contributed by atoms with Crippen molar-refractivity contribution in [3.8, 4) is 0 Å². The molecule has 2 rings (SSSR count). The van der Waals surface area contributed by atoms with Crippen LogP contribution in [-0.4, -0.2) is 35.8 Å². The first kappa shape index (κ1) is 12.6. The van der Waals surface area contributed by atoms with E-state index in [2.05, 4.69) is 28.7 Å². The van der Waals surface area contributed by atoms with Crippen molar-refractivity contribution in [3.63, 3.8) is 0 Å². The number of hydrogen-bond donors (Lipinski definition) is 0. The molecule has 0 radical (unpaired) electrons. The van der Waals surface area contributed by atoms with E-state index in [1.165, 1.54) is 0 Å². The van der Waals surface area contributed by atoms with E-state index in [-0.39, 0.29) is 0 Å². The van der Waals surface area contributed by atoms with Crippen molar-refractivity contribution in [2.75, 3.05) is 24.7 Å². The highest BCUT2D eigenvalue weighted by Crippen LogP contribution is 2.27. The summed E-state index contributed by atoms with van der Waals surface area (Å²) in [5.74, 6) is 0.975. The molecule has 1 saturated heterocycles. The number of anilines is 1. The second-order valence-electron chi connectivity index (χ2n) is 4.33. The molecule has 0 saturated carbocycles. The standard InChI is InChI=1S/C12H18ClN3O/c1-3-4-10-11(13)14-8-15-12(10)16-5-6-17-7-9(16)2/h8-9H,3-7H2,1-2H3. The van der Waals surface area contributed by atoms with Gasteiger partial charge in [-0.25, -0.2) is 9.97 Å². The van der Waals surface area contributed by atoms with Crippen molar-refractivity contribution in [1.29, 1.82) is 0 Å². The van der Waals surface area contributed by atoms with Gasteiger partial charge in [0.05, 0.1) is 19.3 Å². The molecule has 0 amide bonds. The minimum Gasteiger partial charge on any atom is -0.377 e. The zero-order valence-corrected chi connectivity index (χ0v) is 11.1. The van der Waals surface area contributed by atoms with Crippen LogP contribution in [0.25, 0.3) is 0 Å². The predicted molar refractivity (Wildman–Crippen MR) is 68.7 cm³/mol. The van der Waals surface area contributed by atoms with Gasteiger partial charge in [-0.05, 0) is 13.3 Å². The molecule has 17 heavy (non-hydrogen) atoms. The largest absolute Gasteiger partial charge is 0.377 e. The van der Waals surface area contributed by atoms with E-state index in [1.54, 1.807) is 6.33 Å². The molecule has 0 aromatic carbocycles. The SMILES string of the molecule is CCCc1c(Cl)ncnc1N1CCOCC1C. The van der Waals surface area contributed by atoms with Gasteiger partial charge < -0.3 is 9.64 Å². The Labute approximate surface area is 107 Å². The van der Waals surface area contributed by atoms with Crippen LogP contribution in [0.3, 0.4) is 0 Å². The summed E-state index contributed by atoms with van der Waals surface area (Å²) in [5.41, 5.74) is 1.06. The molecule has 0 aliphatic carbocycles. The summed E-state index contributed by atoms with van der Waals surface area (Å²) in [7, 11) is 0. The molecule has 4 nitrogen and oxygen atoms in total. The molecule has 0 N–H and O–H groups in total. The normalized spacial score (nSPS) is 20.6. The minimum atomic E-state index is 0.338. The van der Waals surface area contributed by atoms with Crippen LogP contribution in [-0.2, 0) is 11.2 Å². The maximum Gasteiger partial charge on any atom is 0.137 e. The van der Waals surface area contributed by atoms with Gasteiger partial charge in [-0.3, -0.25) is 0 Å². The lowest BCUT2D eigenvalue weighted by atomic mass is 10.1. The molecule has 1 aromatic heterocycles. The average Bonchev–Trinajstić information content (AvgIpc) is 2.33. The molecule has 1 aliphatic rings. The number of aromatic nitrogens is 2. The van der Waals surface area contributed by atoms with Crippen LogP contribution >= 0.6 is 11.6 Å². The Kier molecular flexibility index (Phi) is 4.18. The second-order valence-corrected chi connectivity index (χ2v) is 4.69. The smallest absolute Gasteiger partial charge is 0.137 e. The van der Waals surface area contributed by atoms with E-state index in [0.717, 1.165) is 44.0 Å². The monoisotopic (exact) mass is 255 g/mol. The van der Waals surface area contributed by atoms with Crippen LogP contribution in [0.5, 0.6) is 0 Å². The fraction of sp³-hybridized carbons (Fsp3) is 0.667. The summed E-state index contributed by atoms with van der Waals surface area (Å²) < 4.78 is 5.45. The van der Waals surface area contributed by atoms with E-state index in [4.69, 9.17) is 16.3 Å². The molecule has 1 atom stereocenters. The van der Waals surface area contributed by atoms with Crippen LogP contribution < -0.4 is 4.90 Å². The molecule has 0 bridgehead atoms. The third-order valence-electron chi connectivity index (χ3n) is 3.01. The summed E-state index contributed by atoms with van der Waals surface area (Å²) in [6.45, 7) is 6.64. The summed E-state index contributed by atoms with van der Waals surface area (Å²) >= 11 is 6.17. The van der Waals surface area contributed by atoms with Gasteiger partial charge in [0.2, 0.25) is 0 Å². The Bertz CT molecular complexity index is 386. The molecule has 0 spiro atoms. The van der Waals surface area contributed by atoms with Crippen LogP contribution in [0, 0.1) is 0 Å². The Morgan fingerprint density at radius 1 is 1.53 bits per heavy atom. The van der Waals surface area contributed by atoms with Crippen LogP contribution in [0.4, 0.5) is 5.82 Å². The third kappa shape index (κ3) is 2.69. The topological polar surface area (TPSA) is 38.2 Å². The lowest BCUT2D eigenvalue weighted by Crippen LogP contribution is -2.44. The fourth-order valence-electron chi connectivity index (χ4n) is 2.14. The first-order valence-electron chi connectivity index (χ1n) is 6.07. The summed E-state index contributed by atoms with van der Waals surface area (Å²) in [5, 5.41) is 0.579. The van der Waals surface area contributed by atoms with E-state index < -0.39 is 0 Å². The Balaban J connectivity index is 2.32. The molecule has 1 unspecified atom stereocenters. The maximum absolute atomic E-state index is 6.17. The lowest BCUT2D eigenvalue weighted by Gasteiger charge is -2.35. The number of rotatable bonds is 3. The van der Waals surface area contributed by atoms with Gasteiger partial charge in [0.25, 0.3) is 0 Å². The molecule has 5 heteroatoms. The molecule has 1 fully saturated rings. The van der Waals surface area contributed by atoms with Crippen molar-refractivity contribution in [3.05, 3.63) is 17.0 Å². The van der Waals surface area contributed by atoms with Crippen LogP contribution in [0.2, 0.25) is 5.15 Å². The Morgan fingerprint density at radius 3 is 3.06 bits per heavy atom. The van der Waals surface area contributed by atoms with Gasteiger partial charge >= 0.3 is 0 Å². The second kappa shape index (κ2) is 5.65. The first-order chi connectivity index (χ1) is 8.24. The van der Waals surface area contributed by atoms with Gasteiger partial charge in [0.15, 0.2) is 0 Å². The van der Waals surface area contributed by atoms with E-state index in [0.29, 0.717) is 11.2 Å².